The minimum atomic E-state index is 0.319. The van der Waals surface area contributed by atoms with Crippen molar-refractivity contribution in [1.82, 2.24) is 15.1 Å². The van der Waals surface area contributed by atoms with Crippen LogP contribution in [0.1, 0.15) is 33.6 Å². The van der Waals surface area contributed by atoms with Gasteiger partial charge in [-0.25, -0.2) is 0 Å². The second-order valence-electron chi connectivity index (χ2n) is 5.29. The molecular weight excluding hydrogens is 226 g/mol. The maximum atomic E-state index is 12.0. The number of carbonyl (C=O) groups excluding carboxylic acids is 1. The molecule has 1 unspecified atom stereocenters. The fourth-order valence-corrected chi connectivity index (χ4v) is 2.27. The Balaban J connectivity index is 2.26. The van der Waals surface area contributed by atoms with Crippen LogP contribution in [0.4, 0.5) is 0 Å². The van der Waals surface area contributed by atoms with E-state index in [0.717, 1.165) is 51.7 Å². The first-order valence-corrected chi connectivity index (χ1v) is 7.38. The Labute approximate surface area is 112 Å². The zero-order chi connectivity index (χ0) is 13.4. The number of amides is 1. The monoisotopic (exact) mass is 255 g/mol. The lowest BCUT2D eigenvalue weighted by Gasteiger charge is -2.29. The van der Waals surface area contributed by atoms with Crippen molar-refractivity contribution in [3.05, 3.63) is 0 Å². The van der Waals surface area contributed by atoms with E-state index in [9.17, 15) is 4.79 Å². The molecule has 0 aromatic carbocycles. The summed E-state index contributed by atoms with van der Waals surface area (Å²) < 4.78 is 0. The Bertz CT molecular complexity index is 239. The third-order valence-corrected chi connectivity index (χ3v) is 3.83. The molecule has 1 aliphatic rings. The maximum absolute atomic E-state index is 12.0. The van der Waals surface area contributed by atoms with Gasteiger partial charge in [-0.1, -0.05) is 27.2 Å². The summed E-state index contributed by atoms with van der Waals surface area (Å²) in [5.74, 6) is 1.04. The number of piperazine rings is 1. The standard InChI is InChI=1S/C14H29N3O/c1-4-13(3)12-16(5-2)9-6-14(18)17-10-7-15-8-11-17/h13,15H,4-12H2,1-3H3. The molecule has 1 saturated heterocycles. The summed E-state index contributed by atoms with van der Waals surface area (Å²) in [6.45, 7) is 13.4. The van der Waals surface area contributed by atoms with E-state index in [1.54, 1.807) is 0 Å². The summed E-state index contributed by atoms with van der Waals surface area (Å²) in [5, 5.41) is 3.28. The Kier molecular flexibility index (Phi) is 7.28. The normalized spacial score (nSPS) is 18.1. The highest BCUT2D eigenvalue weighted by Crippen LogP contribution is 2.06. The minimum absolute atomic E-state index is 0.319. The van der Waals surface area contributed by atoms with E-state index >= 15 is 0 Å². The number of hydrogen-bond donors (Lipinski definition) is 1. The summed E-state index contributed by atoms with van der Waals surface area (Å²) in [5.41, 5.74) is 0. The Hall–Kier alpha value is -0.610. The summed E-state index contributed by atoms with van der Waals surface area (Å²) in [7, 11) is 0. The molecule has 1 rings (SSSR count). The van der Waals surface area contributed by atoms with Crippen molar-refractivity contribution in [2.75, 3.05) is 45.8 Å². The predicted molar refractivity (Wildman–Crippen MR) is 75.6 cm³/mol. The zero-order valence-electron chi connectivity index (χ0n) is 12.2. The van der Waals surface area contributed by atoms with Crippen LogP contribution in [0.2, 0.25) is 0 Å². The van der Waals surface area contributed by atoms with Crippen molar-refractivity contribution in [1.29, 1.82) is 0 Å². The largest absolute Gasteiger partial charge is 0.340 e. The van der Waals surface area contributed by atoms with E-state index in [1.807, 2.05) is 4.90 Å². The lowest BCUT2D eigenvalue weighted by atomic mass is 10.1. The molecule has 106 valence electrons. The van der Waals surface area contributed by atoms with Crippen molar-refractivity contribution >= 4 is 5.91 Å². The second kappa shape index (κ2) is 8.48. The van der Waals surface area contributed by atoms with Gasteiger partial charge < -0.3 is 15.1 Å². The number of nitrogens with zero attached hydrogens (tertiary/aromatic N) is 2. The number of hydrogen-bond acceptors (Lipinski definition) is 3. The van der Waals surface area contributed by atoms with E-state index in [-0.39, 0.29) is 0 Å². The van der Waals surface area contributed by atoms with E-state index in [4.69, 9.17) is 0 Å². The molecule has 1 N–H and O–H groups in total. The summed E-state index contributed by atoms with van der Waals surface area (Å²) in [6.07, 6.45) is 1.88. The lowest BCUT2D eigenvalue weighted by Crippen LogP contribution is -2.47. The van der Waals surface area contributed by atoms with E-state index in [1.165, 1.54) is 6.42 Å². The average molecular weight is 255 g/mol. The predicted octanol–water partition coefficient (Wildman–Crippen LogP) is 1.18. The topological polar surface area (TPSA) is 35.6 Å². The molecule has 4 nitrogen and oxygen atoms in total. The van der Waals surface area contributed by atoms with Crippen LogP contribution in [0.3, 0.4) is 0 Å². The van der Waals surface area contributed by atoms with Gasteiger partial charge in [-0.2, -0.15) is 0 Å². The minimum Gasteiger partial charge on any atom is -0.340 e. The molecule has 0 radical (unpaired) electrons. The van der Waals surface area contributed by atoms with E-state index < -0.39 is 0 Å². The molecule has 0 aromatic rings. The number of carbonyl (C=O) groups is 1. The molecule has 1 amide bonds. The van der Waals surface area contributed by atoms with Gasteiger partial charge in [0.25, 0.3) is 0 Å². The molecule has 0 aliphatic carbocycles. The Morgan fingerprint density at radius 1 is 1.33 bits per heavy atom. The smallest absolute Gasteiger partial charge is 0.223 e. The van der Waals surface area contributed by atoms with Gasteiger partial charge in [-0.05, 0) is 12.5 Å². The fraction of sp³-hybridized carbons (Fsp3) is 0.929. The van der Waals surface area contributed by atoms with Gasteiger partial charge in [0.05, 0.1) is 0 Å². The van der Waals surface area contributed by atoms with Gasteiger partial charge in [-0.15, -0.1) is 0 Å². The van der Waals surface area contributed by atoms with Crippen LogP contribution in [-0.4, -0.2) is 61.5 Å². The van der Waals surface area contributed by atoms with Crippen LogP contribution in [0.25, 0.3) is 0 Å². The van der Waals surface area contributed by atoms with E-state index in [0.29, 0.717) is 12.3 Å². The molecule has 4 heteroatoms. The first-order chi connectivity index (χ1) is 8.67. The first kappa shape index (κ1) is 15.4. The highest BCUT2D eigenvalue weighted by Gasteiger charge is 2.17. The molecular formula is C14H29N3O. The number of rotatable bonds is 7. The highest BCUT2D eigenvalue weighted by atomic mass is 16.2. The lowest BCUT2D eigenvalue weighted by molar-refractivity contribution is -0.132. The summed E-state index contributed by atoms with van der Waals surface area (Å²) in [4.78, 5) is 16.4. The van der Waals surface area contributed by atoms with Gasteiger partial charge >= 0.3 is 0 Å². The third kappa shape index (κ3) is 5.36. The van der Waals surface area contributed by atoms with Gasteiger partial charge in [0.2, 0.25) is 5.91 Å². The average Bonchev–Trinajstić information content (AvgIpc) is 2.43. The highest BCUT2D eigenvalue weighted by molar-refractivity contribution is 5.76. The maximum Gasteiger partial charge on any atom is 0.223 e. The van der Waals surface area contributed by atoms with Crippen LogP contribution < -0.4 is 5.32 Å². The first-order valence-electron chi connectivity index (χ1n) is 7.38. The van der Waals surface area contributed by atoms with Crippen LogP contribution in [-0.2, 0) is 4.79 Å². The quantitative estimate of drug-likeness (QED) is 0.742. The Morgan fingerprint density at radius 2 is 2.00 bits per heavy atom. The summed E-state index contributed by atoms with van der Waals surface area (Å²) in [6, 6.07) is 0. The molecule has 0 aromatic heterocycles. The molecule has 0 spiro atoms. The molecule has 1 heterocycles. The molecule has 0 saturated carbocycles. The molecule has 18 heavy (non-hydrogen) atoms. The zero-order valence-corrected chi connectivity index (χ0v) is 12.2. The summed E-state index contributed by atoms with van der Waals surface area (Å²) >= 11 is 0. The van der Waals surface area contributed by atoms with Gasteiger partial charge in [0.1, 0.15) is 0 Å². The van der Waals surface area contributed by atoms with E-state index in [2.05, 4.69) is 31.0 Å². The van der Waals surface area contributed by atoms with Crippen molar-refractivity contribution in [3.63, 3.8) is 0 Å². The van der Waals surface area contributed by atoms with Crippen molar-refractivity contribution < 1.29 is 4.79 Å². The van der Waals surface area contributed by atoms with Gasteiger partial charge in [0, 0.05) is 45.7 Å². The molecule has 1 fully saturated rings. The van der Waals surface area contributed by atoms with Crippen molar-refractivity contribution in [2.45, 2.75) is 33.6 Å². The van der Waals surface area contributed by atoms with Crippen LogP contribution in [0, 0.1) is 5.92 Å². The molecule has 0 bridgehead atoms. The molecule has 1 atom stereocenters. The Morgan fingerprint density at radius 3 is 2.56 bits per heavy atom. The van der Waals surface area contributed by atoms with Gasteiger partial charge in [-0.3, -0.25) is 4.79 Å². The third-order valence-electron chi connectivity index (χ3n) is 3.83. The van der Waals surface area contributed by atoms with Crippen LogP contribution in [0.15, 0.2) is 0 Å². The molecule has 1 aliphatic heterocycles. The second-order valence-corrected chi connectivity index (χ2v) is 5.29. The van der Waals surface area contributed by atoms with Crippen molar-refractivity contribution in [3.8, 4) is 0 Å². The van der Waals surface area contributed by atoms with Crippen LogP contribution in [0.5, 0.6) is 0 Å². The number of nitrogens with one attached hydrogen (secondary N) is 1. The SMILES string of the molecule is CCC(C)CN(CC)CCC(=O)N1CCNCC1. The van der Waals surface area contributed by atoms with Crippen molar-refractivity contribution in [2.24, 2.45) is 5.92 Å². The fourth-order valence-electron chi connectivity index (χ4n) is 2.27. The van der Waals surface area contributed by atoms with Crippen LogP contribution >= 0.6 is 0 Å². The van der Waals surface area contributed by atoms with Gasteiger partial charge in [0.15, 0.2) is 0 Å².